The smallest absolute Gasteiger partial charge is 0.291 e. The highest BCUT2D eigenvalue weighted by Gasteiger charge is 2.27. The third-order valence-corrected chi connectivity index (χ3v) is 6.27. The molecule has 3 heterocycles. The fourth-order valence-electron chi connectivity index (χ4n) is 3.61. The molecular weight excluding hydrogens is 454 g/mol. The van der Waals surface area contributed by atoms with Crippen LogP contribution in [0.5, 0.6) is 23.0 Å². The van der Waals surface area contributed by atoms with Crippen molar-refractivity contribution < 1.29 is 18.9 Å². The maximum absolute atomic E-state index is 13.0. The molecule has 1 atom stereocenters. The molecule has 0 unspecified atom stereocenters. The number of para-hydroxylation sites is 2. The van der Waals surface area contributed by atoms with Crippen LogP contribution in [0.1, 0.15) is 44.2 Å². The lowest BCUT2D eigenvalue weighted by atomic mass is 10.2. The SMILES string of the molecule is CCCCOc1ccc(/C=c2/sc3nc([C@H]4COc5ccccc5O4)nn3c2=O)cc1OCC. The minimum Gasteiger partial charge on any atom is -0.490 e. The number of hydrogen-bond donors (Lipinski definition) is 0. The van der Waals surface area contributed by atoms with Crippen LogP contribution in [0.3, 0.4) is 0 Å². The lowest BCUT2D eigenvalue weighted by Crippen LogP contribution is -2.26. The standard InChI is InChI=1S/C25H25N3O5S/c1-3-5-12-31-18-11-10-16(13-20(18)30-4-2)14-22-24(29)28-25(34-22)26-23(27-28)21-15-32-17-8-6-7-9-19(17)33-21/h6-11,13-14,21H,3-5,12,15H2,1-2H3/b22-14+/t21-/m1/s1. The van der Waals surface area contributed by atoms with Crippen LogP contribution in [-0.2, 0) is 0 Å². The molecular formula is C25H25N3O5S. The average Bonchev–Trinajstić information content (AvgIpc) is 3.39. The van der Waals surface area contributed by atoms with Gasteiger partial charge in [-0.2, -0.15) is 9.50 Å². The first-order valence-electron chi connectivity index (χ1n) is 11.4. The number of unbranched alkanes of at least 4 members (excludes halogenated alkanes) is 1. The van der Waals surface area contributed by atoms with E-state index in [1.165, 1.54) is 15.9 Å². The van der Waals surface area contributed by atoms with Crippen LogP contribution in [0, 0.1) is 0 Å². The van der Waals surface area contributed by atoms with Gasteiger partial charge in [-0.1, -0.05) is 42.9 Å². The van der Waals surface area contributed by atoms with Gasteiger partial charge in [0.15, 0.2) is 34.9 Å². The van der Waals surface area contributed by atoms with E-state index < -0.39 is 6.10 Å². The van der Waals surface area contributed by atoms with Gasteiger partial charge in [-0.25, -0.2) is 0 Å². The number of ether oxygens (including phenoxy) is 4. The number of fused-ring (bicyclic) bond motifs is 2. The summed E-state index contributed by atoms with van der Waals surface area (Å²) in [5.41, 5.74) is 0.617. The summed E-state index contributed by atoms with van der Waals surface area (Å²) in [6, 6.07) is 13.1. The van der Waals surface area contributed by atoms with E-state index in [0.717, 1.165) is 18.4 Å². The van der Waals surface area contributed by atoms with E-state index in [-0.39, 0.29) is 12.2 Å². The molecule has 1 aliphatic rings. The summed E-state index contributed by atoms with van der Waals surface area (Å²) in [6.07, 6.45) is 3.39. The van der Waals surface area contributed by atoms with Gasteiger partial charge in [0.25, 0.3) is 5.56 Å². The fraction of sp³-hybridized carbons (Fsp3) is 0.320. The molecule has 9 heteroatoms. The normalized spacial score (nSPS) is 15.6. The molecule has 0 saturated heterocycles. The van der Waals surface area contributed by atoms with Gasteiger partial charge in [0, 0.05) is 0 Å². The zero-order valence-electron chi connectivity index (χ0n) is 19.0. The summed E-state index contributed by atoms with van der Waals surface area (Å²) in [5, 5.41) is 4.41. The van der Waals surface area contributed by atoms with Gasteiger partial charge >= 0.3 is 0 Å². The second kappa shape index (κ2) is 9.72. The van der Waals surface area contributed by atoms with Gasteiger partial charge in [-0.15, -0.1) is 5.10 Å². The Morgan fingerprint density at radius 2 is 2.00 bits per heavy atom. The maximum atomic E-state index is 13.0. The molecule has 4 aromatic rings. The molecule has 176 valence electrons. The molecule has 0 radical (unpaired) electrons. The monoisotopic (exact) mass is 479 g/mol. The van der Waals surface area contributed by atoms with Gasteiger partial charge in [0.1, 0.15) is 6.61 Å². The van der Waals surface area contributed by atoms with E-state index in [2.05, 4.69) is 17.0 Å². The number of aromatic nitrogens is 3. The Bertz CT molecular complexity index is 1410. The summed E-state index contributed by atoms with van der Waals surface area (Å²) in [5.74, 6) is 3.13. The van der Waals surface area contributed by atoms with Crippen molar-refractivity contribution in [2.45, 2.75) is 32.8 Å². The Balaban J connectivity index is 1.41. The van der Waals surface area contributed by atoms with Gasteiger partial charge in [0.05, 0.1) is 17.7 Å². The Hall–Kier alpha value is -3.59. The Morgan fingerprint density at radius 3 is 2.79 bits per heavy atom. The van der Waals surface area contributed by atoms with Gasteiger partial charge in [-0.3, -0.25) is 4.79 Å². The van der Waals surface area contributed by atoms with Crippen molar-refractivity contribution >= 4 is 22.4 Å². The predicted octanol–water partition coefficient (Wildman–Crippen LogP) is 3.79. The van der Waals surface area contributed by atoms with Crippen LogP contribution in [0.15, 0.2) is 47.3 Å². The summed E-state index contributed by atoms with van der Waals surface area (Å²) < 4.78 is 25.2. The van der Waals surface area contributed by atoms with Crippen LogP contribution < -0.4 is 29.0 Å². The van der Waals surface area contributed by atoms with Crippen LogP contribution >= 0.6 is 11.3 Å². The fourth-order valence-corrected chi connectivity index (χ4v) is 4.53. The molecule has 2 aromatic carbocycles. The molecule has 0 spiro atoms. The minimum atomic E-state index is -0.470. The van der Waals surface area contributed by atoms with Crippen molar-refractivity contribution in [3.63, 3.8) is 0 Å². The highest BCUT2D eigenvalue weighted by Crippen LogP contribution is 2.35. The number of rotatable bonds is 8. The van der Waals surface area contributed by atoms with Crippen LogP contribution in [0.25, 0.3) is 11.0 Å². The van der Waals surface area contributed by atoms with E-state index in [1.54, 1.807) is 0 Å². The Labute approximate surface area is 200 Å². The van der Waals surface area contributed by atoms with E-state index in [9.17, 15) is 4.79 Å². The zero-order valence-corrected chi connectivity index (χ0v) is 19.8. The predicted molar refractivity (Wildman–Crippen MR) is 129 cm³/mol. The van der Waals surface area contributed by atoms with Crippen molar-refractivity contribution in [1.82, 2.24) is 14.6 Å². The van der Waals surface area contributed by atoms with Gasteiger partial charge in [-0.05, 0) is 49.2 Å². The third-order valence-electron chi connectivity index (χ3n) is 5.32. The molecule has 0 N–H and O–H groups in total. The van der Waals surface area contributed by atoms with Crippen LogP contribution in [-0.4, -0.2) is 34.4 Å². The molecule has 34 heavy (non-hydrogen) atoms. The molecule has 0 saturated carbocycles. The Kier molecular flexibility index (Phi) is 6.35. The lowest BCUT2D eigenvalue weighted by Gasteiger charge is -2.24. The number of nitrogens with zero attached hydrogens (tertiary/aromatic N) is 3. The van der Waals surface area contributed by atoms with Gasteiger partial charge in [0.2, 0.25) is 4.96 Å². The summed E-state index contributed by atoms with van der Waals surface area (Å²) in [4.78, 5) is 18.0. The molecule has 5 rings (SSSR count). The molecule has 0 fully saturated rings. The summed E-state index contributed by atoms with van der Waals surface area (Å²) in [7, 11) is 0. The maximum Gasteiger partial charge on any atom is 0.291 e. The van der Waals surface area contributed by atoms with E-state index in [0.29, 0.717) is 51.5 Å². The third kappa shape index (κ3) is 4.43. The lowest BCUT2D eigenvalue weighted by molar-refractivity contribution is 0.0852. The number of benzene rings is 2. The largest absolute Gasteiger partial charge is 0.490 e. The number of thiazole rings is 1. The first kappa shape index (κ1) is 22.2. The van der Waals surface area contributed by atoms with Crippen molar-refractivity contribution in [2.24, 2.45) is 0 Å². The van der Waals surface area contributed by atoms with Crippen LogP contribution in [0.4, 0.5) is 0 Å². The van der Waals surface area contributed by atoms with E-state index >= 15 is 0 Å². The minimum absolute atomic E-state index is 0.225. The van der Waals surface area contributed by atoms with Crippen molar-refractivity contribution in [3.8, 4) is 23.0 Å². The highest BCUT2D eigenvalue weighted by molar-refractivity contribution is 7.15. The average molecular weight is 480 g/mol. The molecule has 2 aromatic heterocycles. The molecule has 8 nitrogen and oxygen atoms in total. The molecule has 1 aliphatic heterocycles. The van der Waals surface area contributed by atoms with Crippen molar-refractivity contribution in [3.05, 3.63) is 68.7 Å². The first-order valence-corrected chi connectivity index (χ1v) is 12.2. The second-order valence-electron chi connectivity index (χ2n) is 7.79. The highest BCUT2D eigenvalue weighted by atomic mass is 32.1. The number of hydrogen-bond acceptors (Lipinski definition) is 8. The van der Waals surface area contributed by atoms with Crippen molar-refractivity contribution in [2.75, 3.05) is 19.8 Å². The zero-order chi connectivity index (χ0) is 23.5. The summed E-state index contributed by atoms with van der Waals surface area (Å²) >= 11 is 1.28. The molecule has 0 amide bonds. The first-order chi connectivity index (χ1) is 16.7. The van der Waals surface area contributed by atoms with Gasteiger partial charge < -0.3 is 18.9 Å². The quantitative estimate of drug-likeness (QED) is 0.356. The molecule has 0 aliphatic carbocycles. The summed E-state index contributed by atoms with van der Waals surface area (Å²) in [6.45, 7) is 5.50. The molecule has 0 bridgehead atoms. The van der Waals surface area contributed by atoms with E-state index in [1.807, 2.05) is 55.5 Å². The second-order valence-corrected chi connectivity index (χ2v) is 8.79. The van der Waals surface area contributed by atoms with E-state index in [4.69, 9.17) is 18.9 Å². The topological polar surface area (TPSA) is 84.2 Å². The van der Waals surface area contributed by atoms with Crippen LogP contribution in [0.2, 0.25) is 0 Å². The van der Waals surface area contributed by atoms with Crippen molar-refractivity contribution in [1.29, 1.82) is 0 Å². The Morgan fingerprint density at radius 1 is 1.15 bits per heavy atom.